The number of carbonyl (C=O) groups is 2. The molecule has 1 unspecified atom stereocenters. The van der Waals surface area contributed by atoms with Gasteiger partial charge in [0.2, 0.25) is 0 Å². The molecule has 11 heteroatoms. The van der Waals surface area contributed by atoms with Gasteiger partial charge in [0.25, 0.3) is 0 Å². The van der Waals surface area contributed by atoms with E-state index in [1.807, 2.05) is 48.6 Å². The normalized spacial score (nSPS) is 24.1. The zero-order valence-electron chi connectivity index (χ0n) is 25.0. The van der Waals surface area contributed by atoms with Gasteiger partial charge in [-0.1, -0.05) is 37.3 Å². The lowest BCUT2D eigenvalue weighted by atomic mass is 9.84. The Kier molecular flexibility index (Phi) is 8.51. The van der Waals surface area contributed by atoms with E-state index in [1.54, 1.807) is 20.8 Å². The molecule has 1 saturated carbocycles. The number of hydrogen-bond donors (Lipinski definition) is 1. The van der Waals surface area contributed by atoms with Gasteiger partial charge in [0.05, 0.1) is 0 Å². The van der Waals surface area contributed by atoms with Crippen molar-refractivity contribution in [1.82, 2.24) is 18.8 Å². The first-order chi connectivity index (χ1) is 18.5. The van der Waals surface area contributed by atoms with Crippen LogP contribution in [0.25, 0.3) is 0 Å². The van der Waals surface area contributed by atoms with E-state index in [1.165, 1.54) is 9.87 Å². The Hall–Kier alpha value is -2.37. The van der Waals surface area contributed by atoms with Crippen LogP contribution in [0.5, 0.6) is 0 Å². The van der Waals surface area contributed by atoms with Gasteiger partial charge in [-0.15, -0.1) is 0 Å². The van der Waals surface area contributed by atoms with Crippen LogP contribution >= 0.6 is 0 Å². The number of nitrogens with one attached hydrogen (secondary N) is 1. The Balaban J connectivity index is 1.38. The van der Waals surface area contributed by atoms with E-state index in [0.717, 1.165) is 38.8 Å². The monoisotopic (exact) mass is 578 g/mol. The number of amides is 2. The summed E-state index contributed by atoms with van der Waals surface area (Å²) in [4.78, 5) is 29.8. The third-order valence-corrected chi connectivity index (χ3v) is 9.39. The van der Waals surface area contributed by atoms with Crippen LogP contribution in [0.1, 0.15) is 85.6 Å². The van der Waals surface area contributed by atoms with E-state index in [9.17, 15) is 18.0 Å². The molecular weight excluding hydrogens is 532 g/mol. The standard InChI is InChI=1S/C29H46N4O6S/c1-8-29(19-32(20-29)40(36,37)30-25(34)38-27(2,3)4)31-16-14-22(15-17-31)33(26(35)39-28(5,6)7)24-18-23(24)21-12-10-9-11-13-21/h9-13,22-24H,8,14-20H2,1-7H3,(H,30,34)/t23?,24-/m1/s1. The highest BCUT2D eigenvalue weighted by atomic mass is 32.2. The lowest BCUT2D eigenvalue weighted by Gasteiger charge is -2.56. The van der Waals surface area contributed by atoms with Crippen LogP contribution in [0.4, 0.5) is 9.59 Å². The smallest absolute Gasteiger partial charge is 0.422 e. The topological polar surface area (TPSA) is 108 Å². The Morgan fingerprint density at radius 3 is 2.10 bits per heavy atom. The van der Waals surface area contributed by atoms with Gasteiger partial charge in [0, 0.05) is 49.7 Å². The third kappa shape index (κ3) is 7.09. The molecule has 1 aromatic rings. The fraction of sp³-hybridized carbons (Fsp3) is 0.724. The third-order valence-electron chi connectivity index (χ3n) is 8.03. The van der Waals surface area contributed by atoms with Gasteiger partial charge in [-0.05, 0) is 72.8 Å². The number of carbonyl (C=O) groups excluding carboxylic acids is 2. The predicted octanol–water partition coefficient (Wildman–Crippen LogP) is 4.48. The lowest BCUT2D eigenvalue weighted by molar-refractivity contribution is -0.0459. The summed E-state index contributed by atoms with van der Waals surface area (Å²) in [5.74, 6) is 0.316. The fourth-order valence-corrected chi connectivity index (χ4v) is 7.13. The molecule has 40 heavy (non-hydrogen) atoms. The molecule has 3 fully saturated rings. The number of likely N-dealkylation sites (tertiary alicyclic amines) is 1. The minimum atomic E-state index is -3.99. The maximum Gasteiger partial charge on any atom is 0.422 e. The fourth-order valence-electron chi connectivity index (χ4n) is 5.93. The van der Waals surface area contributed by atoms with E-state index in [-0.39, 0.29) is 23.7 Å². The summed E-state index contributed by atoms with van der Waals surface area (Å²) in [6.07, 6.45) is 2.07. The number of benzene rings is 1. The zero-order chi connectivity index (χ0) is 29.5. The van der Waals surface area contributed by atoms with Crippen molar-refractivity contribution in [3.05, 3.63) is 35.9 Å². The van der Waals surface area contributed by atoms with Crippen molar-refractivity contribution < 1.29 is 27.5 Å². The van der Waals surface area contributed by atoms with Crippen molar-refractivity contribution in [3.8, 4) is 0 Å². The largest absolute Gasteiger partial charge is 0.444 e. The first-order valence-corrected chi connectivity index (χ1v) is 15.8. The molecule has 0 aromatic heterocycles. The Morgan fingerprint density at radius 1 is 1.00 bits per heavy atom. The first-order valence-electron chi connectivity index (χ1n) is 14.4. The van der Waals surface area contributed by atoms with Crippen molar-refractivity contribution in [1.29, 1.82) is 0 Å². The molecule has 10 nitrogen and oxygen atoms in total. The van der Waals surface area contributed by atoms with E-state index >= 15 is 0 Å². The van der Waals surface area contributed by atoms with E-state index in [4.69, 9.17) is 9.47 Å². The molecule has 2 atom stereocenters. The number of nitrogens with zero attached hydrogens (tertiary/aromatic N) is 3. The molecule has 3 aliphatic rings. The van der Waals surface area contributed by atoms with Gasteiger partial charge in [-0.25, -0.2) is 14.3 Å². The Labute approximate surface area is 239 Å². The molecule has 0 radical (unpaired) electrons. The van der Waals surface area contributed by atoms with Crippen molar-refractivity contribution >= 4 is 22.4 Å². The van der Waals surface area contributed by atoms with Crippen LogP contribution in [0.3, 0.4) is 0 Å². The van der Waals surface area contributed by atoms with Crippen molar-refractivity contribution in [2.75, 3.05) is 26.2 Å². The minimum Gasteiger partial charge on any atom is -0.444 e. The predicted molar refractivity (Wildman–Crippen MR) is 153 cm³/mol. The molecule has 224 valence electrons. The number of rotatable bonds is 7. The quantitative estimate of drug-likeness (QED) is 0.508. The highest BCUT2D eigenvalue weighted by Gasteiger charge is 2.53. The molecule has 0 bridgehead atoms. The van der Waals surface area contributed by atoms with E-state index < -0.39 is 27.5 Å². The second-order valence-corrected chi connectivity index (χ2v) is 15.1. The summed E-state index contributed by atoms with van der Waals surface area (Å²) in [5.41, 5.74) is -0.412. The molecule has 0 spiro atoms. The highest BCUT2D eigenvalue weighted by Crippen LogP contribution is 2.47. The van der Waals surface area contributed by atoms with Gasteiger partial charge in [0.15, 0.2) is 0 Å². The molecule has 1 aromatic carbocycles. The summed E-state index contributed by atoms with van der Waals surface area (Å²) >= 11 is 0. The highest BCUT2D eigenvalue weighted by molar-refractivity contribution is 7.87. The van der Waals surface area contributed by atoms with Crippen LogP contribution in [0, 0.1) is 0 Å². The first kappa shape index (κ1) is 30.6. The summed E-state index contributed by atoms with van der Waals surface area (Å²) in [7, 11) is -3.99. The van der Waals surface area contributed by atoms with Gasteiger partial charge < -0.3 is 14.4 Å². The molecule has 2 heterocycles. The van der Waals surface area contributed by atoms with Gasteiger partial charge >= 0.3 is 22.4 Å². The van der Waals surface area contributed by atoms with Gasteiger partial charge in [-0.3, -0.25) is 4.90 Å². The van der Waals surface area contributed by atoms with Crippen LogP contribution in [0.2, 0.25) is 0 Å². The van der Waals surface area contributed by atoms with Gasteiger partial charge in [0.1, 0.15) is 11.2 Å². The molecule has 1 N–H and O–H groups in total. The number of piperidine rings is 1. The van der Waals surface area contributed by atoms with Crippen molar-refractivity contribution in [2.45, 2.75) is 109 Å². The Bertz CT molecular complexity index is 1160. The lowest BCUT2D eigenvalue weighted by Crippen LogP contribution is -2.73. The molecule has 2 aliphatic heterocycles. The summed E-state index contributed by atoms with van der Waals surface area (Å²) in [6, 6.07) is 10.5. The van der Waals surface area contributed by atoms with Gasteiger partial charge in [-0.2, -0.15) is 12.7 Å². The average Bonchev–Trinajstić information content (AvgIpc) is 3.57. The van der Waals surface area contributed by atoms with Crippen LogP contribution < -0.4 is 4.72 Å². The second kappa shape index (κ2) is 11.1. The van der Waals surface area contributed by atoms with Crippen molar-refractivity contribution in [2.24, 2.45) is 0 Å². The maximum absolute atomic E-state index is 13.4. The van der Waals surface area contributed by atoms with Crippen LogP contribution in [-0.4, -0.2) is 89.7 Å². The number of ether oxygens (including phenoxy) is 2. The zero-order valence-corrected chi connectivity index (χ0v) is 25.8. The molecule has 2 amide bonds. The maximum atomic E-state index is 13.4. The van der Waals surface area contributed by atoms with Crippen molar-refractivity contribution in [3.63, 3.8) is 0 Å². The average molecular weight is 579 g/mol. The summed E-state index contributed by atoms with van der Waals surface area (Å²) in [5, 5.41) is 0. The van der Waals surface area contributed by atoms with Crippen LogP contribution in [0.15, 0.2) is 30.3 Å². The minimum absolute atomic E-state index is 0.0625. The molecule has 4 rings (SSSR count). The molecule has 1 aliphatic carbocycles. The number of hydrogen-bond acceptors (Lipinski definition) is 7. The van der Waals surface area contributed by atoms with Crippen LogP contribution in [-0.2, 0) is 19.7 Å². The molecular formula is C29H46N4O6S. The summed E-state index contributed by atoms with van der Waals surface area (Å²) < 4.78 is 39.9. The molecule has 2 saturated heterocycles. The van der Waals surface area contributed by atoms with E-state index in [0.29, 0.717) is 19.0 Å². The Morgan fingerprint density at radius 2 is 1.57 bits per heavy atom. The SMILES string of the molecule is CCC1(N2CCC(N(C(=O)OC(C)(C)C)[C@@H]3CC3c3ccccc3)CC2)CN(S(=O)(=O)NC(=O)OC(C)(C)C)C1. The summed E-state index contributed by atoms with van der Waals surface area (Å²) in [6.45, 7) is 14.9. The second-order valence-electron chi connectivity index (χ2n) is 13.4. The van der Waals surface area contributed by atoms with E-state index in [2.05, 4.69) is 24.0 Å².